The first-order valence-electron chi connectivity index (χ1n) is 10.1. The van der Waals surface area contributed by atoms with E-state index in [0.29, 0.717) is 34.1 Å². The maximum Gasteiger partial charge on any atom is 0.416 e. The summed E-state index contributed by atoms with van der Waals surface area (Å²) >= 11 is 0. The summed E-state index contributed by atoms with van der Waals surface area (Å²) in [5, 5.41) is 4.57. The number of hydrogen-bond acceptors (Lipinski definition) is 7. The molecule has 0 saturated heterocycles. The SMILES string of the molecule is C[C@@H](c1ncnn1-c1ncccn1)N(C)c1ncnc2c(C3CC3)cc(C(F)(F)F)cc12. The summed E-state index contributed by atoms with van der Waals surface area (Å²) in [4.78, 5) is 23.2. The van der Waals surface area contributed by atoms with E-state index in [1.165, 1.54) is 23.4 Å². The van der Waals surface area contributed by atoms with Gasteiger partial charge in [0.1, 0.15) is 18.5 Å². The lowest BCUT2D eigenvalue weighted by Crippen LogP contribution is -2.26. The van der Waals surface area contributed by atoms with Crippen LogP contribution in [0.15, 0.2) is 43.2 Å². The Bertz CT molecular complexity index is 1270. The Morgan fingerprint density at radius 2 is 1.78 bits per heavy atom. The Kier molecular flexibility index (Phi) is 4.75. The molecule has 32 heavy (non-hydrogen) atoms. The van der Waals surface area contributed by atoms with Crippen LogP contribution >= 0.6 is 0 Å². The minimum absolute atomic E-state index is 0.101. The highest BCUT2D eigenvalue weighted by Gasteiger charge is 2.35. The summed E-state index contributed by atoms with van der Waals surface area (Å²) in [5.41, 5.74) is 0.489. The lowest BCUT2D eigenvalue weighted by molar-refractivity contribution is -0.137. The Hall–Kier alpha value is -3.63. The van der Waals surface area contributed by atoms with Crippen molar-refractivity contribution in [2.45, 2.75) is 37.9 Å². The summed E-state index contributed by atoms with van der Waals surface area (Å²) in [5.74, 6) is 1.37. The molecule has 11 heteroatoms. The van der Waals surface area contributed by atoms with Gasteiger partial charge in [0.2, 0.25) is 0 Å². The van der Waals surface area contributed by atoms with Gasteiger partial charge in [0, 0.05) is 24.8 Å². The van der Waals surface area contributed by atoms with E-state index in [1.807, 2.05) is 6.92 Å². The summed E-state index contributed by atoms with van der Waals surface area (Å²) in [6.07, 6.45) is 3.24. The van der Waals surface area contributed by atoms with Crippen molar-refractivity contribution >= 4 is 16.7 Å². The Morgan fingerprint density at radius 3 is 2.47 bits per heavy atom. The predicted molar refractivity (Wildman–Crippen MR) is 110 cm³/mol. The molecule has 1 aliphatic carbocycles. The third kappa shape index (κ3) is 3.53. The van der Waals surface area contributed by atoms with Gasteiger partial charge in [-0.05, 0) is 49.4 Å². The van der Waals surface area contributed by atoms with Gasteiger partial charge in [-0.15, -0.1) is 0 Å². The minimum Gasteiger partial charge on any atom is -0.349 e. The van der Waals surface area contributed by atoms with Crippen molar-refractivity contribution in [3.05, 3.63) is 60.2 Å². The standard InChI is InChI=1S/C21H19F3N8/c1-12(18-29-11-30-32(18)20-25-6-3-7-26-20)31(2)19-16-9-14(21(22,23)24)8-15(13-4-5-13)17(16)27-10-28-19/h3,6-13H,4-5H2,1-2H3/t12-/m0/s1. The average molecular weight is 440 g/mol. The van der Waals surface area contributed by atoms with E-state index in [-0.39, 0.29) is 5.92 Å². The maximum atomic E-state index is 13.6. The Labute approximate surface area is 181 Å². The molecule has 5 rings (SSSR count). The number of fused-ring (bicyclic) bond motifs is 1. The van der Waals surface area contributed by atoms with Crippen molar-refractivity contribution in [1.29, 1.82) is 0 Å². The Balaban J connectivity index is 1.61. The number of hydrogen-bond donors (Lipinski definition) is 0. The summed E-state index contributed by atoms with van der Waals surface area (Å²) < 4.78 is 42.4. The van der Waals surface area contributed by atoms with Gasteiger partial charge in [-0.1, -0.05) is 0 Å². The van der Waals surface area contributed by atoms with Crippen LogP contribution in [0.3, 0.4) is 0 Å². The smallest absolute Gasteiger partial charge is 0.349 e. The molecule has 3 heterocycles. The van der Waals surface area contributed by atoms with Crippen molar-refractivity contribution in [3.8, 4) is 5.95 Å². The molecule has 8 nitrogen and oxygen atoms in total. The van der Waals surface area contributed by atoms with Crippen LogP contribution < -0.4 is 4.90 Å². The van der Waals surface area contributed by atoms with Crippen LogP contribution in [-0.4, -0.2) is 41.7 Å². The second kappa shape index (κ2) is 7.50. The van der Waals surface area contributed by atoms with Crippen LogP contribution in [0.5, 0.6) is 0 Å². The summed E-state index contributed by atoms with van der Waals surface area (Å²) in [6, 6.07) is 3.66. The van der Waals surface area contributed by atoms with Crippen LogP contribution in [0.1, 0.15) is 48.7 Å². The number of nitrogens with zero attached hydrogens (tertiary/aromatic N) is 8. The normalized spacial score (nSPS) is 15.2. The predicted octanol–water partition coefficient (Wildman–Crippen LogP) is 4.09. The first-order valence-corrected chi connectivity index (χ1v) is 10.1. The van der Waals surface area contributed by atoms with Gasteiger partial charge >= 0.3 is 6.18 Å². The molecule has 0 spiro atoms. The molecular weight excluding hydrogens is 421 g/mol. The van der Waals surface area contributed by atoms with Crippen LogP contribution in [0.2, 0.25) is 0 Å². The second-order valence-electron chi connectivity index (χ2n) is 7.80. The molecule has 0 radical (unpaired) electrons. The minimum atomic E-state index is -4.46. The molecule has 0 unspecified atom stereocenters. The molecule has 1 aromatic carbocycles. The van der Waals surface area contributed by atoms with Crippen molar-refractivity contribution in [3.63, 3.8) is 0 Å². The van der Waals surface area contributed by atoms with Gasteiger partial charge < -0.3 is 4.90 Å². The van der Waals surface area contributed by atoms with Gasteiger partial charge in [-0.2, -0.15) is 23.0 Å². The first-order chi connectivity index (χ1) is 15.3. The highest BCUT2D eigenvalue weighted by molar-refractivity contribution is 5.92. The molecule has 0 bridgehead atoms. The summed E-state index contributed by atoms with van der Waals surface area (Å²) in [7, 11) is 1.76. The zero-order chi connectivity index (χ0) is 22.5. The van der Waals surface area contributed by atoms with Crippen LogP contribution in [-0.2, 0) is 6.18 Å². The van der Waals surface area contributed by atoms with Gasteiger partial charge in [0.05, 0.1) is 17.1 Å². The molecule has 1 aliphatic rings. The second-order valence-corrected chi connectivity index (χ2v) is 7.80. The number of benzene rings is 1. The molecule has 0 amide bonds. The molecule has 1 fully saturated rings. The van der Waals surface area contributed by atoms with Gasteiger partial charge in [0.15, 0.2) is 5.82 Å². The van der Waals surface area contributed by atoms with E-state index in [2.05, 4.69) is 30.0 Å². The highest BCUT2D eigenvalue weighted by atomic mass is 19.4. The fourth-order valence-corrected chi connectivity index (χ4v) is 3.78. The quantitative estimate of drug-likeness (QED) is 0.462. The van der Waals surface area contributed by atoms with Crippen molar-refractivity contribution < 1.29 is 13.2 Å². The third-order valence-electron chi connectivity index (χ3n) is 5.70. The van der Waals surface area contributed by atoms with E-state index in [4.69, 9.17) is 0 Å². The van der Waals surface area contributed by atoms with Crippen LogP contribution in [0, 0.1) is 0 Å². The molecule has 4 aromatic rings. The molecule has 164 valence electrons. The van der Waals surface area contributed by atoms with Crippen molar-refractivity contribution in [1.82, 2.24) is 34.7 Å². The van der Waals surface area contributed by atoms with E-state index in [9.17, 15) is 13.2 Å². The zero-order valence-corrected chi connectivity index (χ0v) is 17.3. The fourth-order valence-electron chi connectivity index (χ4n) is 3.78. The number of alkyl halides is 3. The van der Waals surface area contributed by atoms with Gasteiger partial charge in [-0.25, -0.2) is 24.9 Å². The average Bonchev–Trinajstić information content (AvgIpc) is 3.52. The molecule has 1 saturated carbocycles. The Morgan fingerprint density at radius 1 is 1.03 bits per heavy atom. The number of halogens is 3. The largest absolute Gasteiger partial charge is 0.416 e. The molecule has 0 N–H and O–H groups in total. The van der Waals surface area contributed by atoms with E-state index >= 15 is 0 Å². The fraction of sp³-hybridized carbons (Fsp3) is 0.333. The van der Waals surface area contributed by atoms with Gasteiger partial charge in [0.25, 0.3) is 5.95 Å². The van der Waals surface area contributed by atoms with E-state index < -0.39 is 17.8 Å². The topological polar surface area (TPSA) is 85.5 Å². The van der Waals surface area contributed by atoms with E-state index in [0.717, 1.165) is 18.9 Å². The third-order valence-corrected chi connectivity index (χ3v) is 5.70. The lowest BCUT2D eigenvalue weighted by Gasteiger charge is -2.26. The zero-order valence-electron chi connectivity index (χ0n) is 17.3. The number of aromatic nitrogens is 7. The van der Waals surface area contributed by atoms with Crippen LogP contribution in [0.4, 0.5) is 19.0 Å². The molecular formula is C21H19F3N8. The highest BCUT2D eigenvalue weighted by Crippen LogP contribution is 2.46. The summed E-state index contributed by atoms with van der Waals surface area (Å²) in [6.45, 7) is 1.87. The molecule has 3 aromatic heterocycles. The number of rotatable bonds is 5. The van der Waals surface area contributed by atoms with Gasteiger partial charge in [-0.3, -0.25) is 0 Å². The maximum absolute atomic E-state index is 13.6. The monoisotopic (exact) mass is 440 g/mol. The van der Waals surface area contributed by atoms with Crippen LogP contribution in [0.25, 0.3) is 16.9 Å². The van der Waals surface area contributed by atoms with E-state index in [1.54, 1.807) is 30.4 Å². The van der Waals surface area contributed by atoms with Crippen molar-refractivity contribution in [2.24, 2.45) is 0 Å². The first kappa shape index (κ1) is 20.3. The van der Waals surface area contributed by atoms with Crippen molar-refractivity contribution in [2.75, 3.05) is 11.9 Å². The number of anilines is 1. The lowest BCUT2D eigenvalue weighted by atomic mass is 10.0. The molecule has 1 atom stereocenters. The molecule has 0 aliphatic heterocycles.